The zero-order valence-electron chi connectivity index (χ0n) is 10.3. The normalized spacial score (nSPS) is 8.12. The number of aldehydes is 1. The second-order valence-electron chi connectivity index (χ2n) is 2.60. The summed E-state index contributed by atoms with van der Waals surface area (Å²) in [5, 5.41) is 9.13. The minimum atomic E-state index is 0.271. The molecule has 0 amide bonds. The summed E-state index contributed by atoms with van der Waals surface area (Å²) < 4.78 is 5.79. The molecule has 1 N–H and O–H groups in total. The van der Waals surface area contributed by atoms with E-state index in [1.54, 1.807) is 27.2 Å². The van der Waals surface area contributed by atoms with Crippen molar-refractivity contribution in [1.82, 2.24) is 0 Å². The number of carbonyl (C=O) groups is 1. The van der Waals surface area contributed by atoms with E-state index in [4.69, 9.17) is 5.21 Å². The van der Waals surface area contributed by atoms with Crippen molar-refractivity contribution in [3.05, 3.63) is 28.0 Å². The molecule has 4 nitrogen and oxygen atoms in total. The first-order chi connectivity index (χ1) is 7.56. The molecule has 0 unspecified atom stereocenters. The van der Waals surface area contributed by atoms with Crippen molar-refractivity contribution in [3.63, 3.8) is 0 Å². The average molecular weight is 293 g/mol. The van der Waals surface area contributed by atoms with Gasteiger partial charge in [0, 0.05) is 24.5 Å². The number of halogens is 1. The summed E-state index contributed by atoms with van der Waals surface area (Å²) >= 11 is 3.18. The highest BCUT2D eigenvalue weighted by molar-refractivity contribution is 9.10. The third kappa shape index (κ3) is 6.53. The molecule has 1 aromatic rings. The van der Waals surface area contributed by atoms with Crippen LogP contribution < -0.4 is 4.73 Å². The van der Waals surface area contributed by atoms with E-state index in [2.05, 4.69) is 20.7 Å². The van der Waals surface area contributed by atoms with Crippen molar-refractivity contribution in [2.75, 3.05) is 14.2 Å². The van der Waals surface area contributed by atoms with Crippen LogP contribution in [0.1, 0.15) is 29.9 Å². The summed E-state index contributed by atoms with van der Waals surface area (Å²) in [6.07, 6.45) is 2.03. The van der Waals surface area contributed by atoms with Gasteiger partial charge in [-0.05, 0) is 28.9 Å². The number of hydrogen-bond acceptors (Lipinski definition) is 3. The van der Waals surface area contributed by atoms with Gasteiger partial charge in [0.15, 0.2) is 0 Å². The van der Waals surface area contributed by atoms with Gasteiger partial charge < -0.3 is 4.74 Å². The maximum Gasteiger partial charge on any atom is 0.299 e. The molecule has 0 aliphatic carbocycles. The van der Waals surface area contributed by atoms with Crippen LogP contribution in [0.15, 0.2) is 16.7 Å². The fraction of sp³-hybridized carbons (Fsp3) is 0.455. The summed E-state index contributed by atoms with van der Waals surface area (Å²) in [5.74, 6) is 0. The van der Waals surface area contributed by atoms with Gasteiger partial charge >= 0.3 is 0 Å². The number of carbonyl (C=O) groups excluding carboxylic acids is 1. The van der Waals surface area contributed by atoms with Gasteiger partial charge in [-0.15, -0.1) is 0 Å². The quantitative estimate of drug-likeness (QED) is 0.491. The largest absolute Gasteiger partial charge is 0.388 e. The van der Waals surface area contributed by atoms with E-state index in [0.717, 1.165) is 14.8 Å². The zero-order valence-corrected chi connectivity index (χ0v) is 11.9. The Balaban J connectivity index is 0. The molecule has 92 valence electrons. The fourth-order valence-electron chi connectivity index (χ4n) is 0.832. The van der Waals surface area contributed by atoms with Crippen LogP contribution in [0.5, 0.6) is 0 Å². The summed E-state index contributed by atoms with van der Waals surface area (Å²) in [4.78, 5) is 10.4. The number of hydrogen-bond donors (Lipinski definition) is 1. The van der Waals surface area contributed by atoms with Crippen molar-refractivity contribution < 1.29 is 19.5 Å². The number of pyridine rings is 1. The molecule has 16 heavy (non-hydrogen) atoms. The molecular weight excluding hydrogens is 274 g/mol. The van der Waals surface area contributed by atoms with E-state index < -0.39 is 0 Å². The lowest BCUT2D eigenvalue weighted by Gasteiger charge is -1.93. The summed E-state index contributed by atoms with van der Waals surface area (Å²) in [5.41, 5.74) is 1.00. The maximum atomic E-state index is 10.4. The van der Waals surface area contributed by atoms with Crippen LogP contribution in [-0.2, 0) is 4.74 Å². The minimum absolute atomic E-state index is 0.271. The highest BCUT2D eigenvalue weighted by Crippen LogP contribution is 2.09. The first-order valence-electron chi connectivity index (χ1n) is 4.83. The van der Waals surface area contributed by atoms with Gasteiger partial charge in [-0.2, -0.15) is 0 Å². The van der Waals surface area contributed by atoms with Gasteiger partial charge in [-0.1, -0.05) is 13.8 Å². The molecular formula is C11H19BrNO3+. The molecule has 0 saturated carbocycles. The van der Waals surface area contributed by atoms with Gasteiger partial charge in [-0.25, -0.2) is 0 Å². The topological polar surface area (TPSA) is 50.4 Å². The van der Waals surface area contributed by atoms with E-state index >= 15 is 0 Å². The number of nitrogens with zero attached hydrogens (tertiary/aromatic N) is 1. The molecule has 0 aliphatic rings. The van der Waals surface area contributed by atoms with Crippen molar-refractivity contribution in [3.8, 4) is 0 Å². The lowest BCUT2D eigenvalue weighted by Crippen LogP contribution is -2.35. The predicted octanol–water partition coefficient (Wildman–Crippen LogP) is 2.38. The highest BCUT2D eigenvalue weighted by atomic mass is 79.9. The molecule has 0 atom stereocenters. The van der Waals surface area contributed by atoms with Crippen LogP contribution in [0.3, 0.4) is 0 Å². The minimum Gasteiger partial charge on any atom is -0.388 e. The smallest absolute Gasteiger partial charge is 0.299 e. The monoisotopic (exact) mass is 292 g/mol. The van der Waals surface area contributed by atoms with Crippen LogP contribution in [0.25, 0.3) is 0 Å². The number of aromatic nitrogens is 1. The standard InChI is InChI=1S/C7H7BrNO2.C2H6O.C2H6/c1-5-2-6(8)3-9(11)7(5)4-10;1-3-2;1-2/h2-4,11H,1H3;1-2H3;1-2H3/q+1;;. The molecule has 0 aromatic carbocycles. The second kappa shape index (κ2) is 10.6. The summed E-state index contributed by atoms with van der Waals surface area (Å²) in [6, 6.07) is 1.76. The second-order valence-corrected chi connectivity index (χ2v) is 3.51. The van der Waals surface area contributed by atoms with E-state index in [1.165, 1.54) is 6.20 Å². The van der Waals surface area contributed by atoms with Crippen LogP contribution in [-0.4, -0.2) is 25.7 Å². The lowest BCUT2D eigenvalue weighted by atomic mass is 10.2. The maximum absolute atomic E-state index is 10.4. The summed E-state index contributed by atoms with van der Waals surface area (Å²) in [6.45, 7) is 5.75. The van der Waals surface area contributed by atoms with Gasteiger partial charge in [0.05, 0.1) is 4.47 Å². The van der Waals surface area contributed by atoms with Crippen molar-refractivity contribution in [2.45, 2.75) is 20.8 Å². The Morgan fingerprint density at radius 3 is 2.19 bits per heavy atom. The molecule has 1 aromatic heterocycles. The Bertz CT molecular complexity index is 293. The molecule has 0 bridgehead atoms. The molecule has 0 fully saturated rings. The first kappa shape index (κ1) is 17.5. The van der Waals surface area contributed by atoms with Crippen LogP contribution >= 0.6 is 15.9 Å². The molecule has 0 radical (unpaired) electrons. The first-order valence-corrected chi connectivity index (χ1v) is 5.62. The molecule has 1 heterocycles. The van der Waals surface area contributed by atoms with Crippen molar-refractivity contribution in [2.24, 2.45) is 0 Å². The highest BCUT2D eigenvalue weighted by Gasteiger charge is 2.13. The van der Waals surface area contributed by atoms with E-state index in [-0.39, 0.29) is 5.69 Å². The molecule has 5 heteroatoms. The number of aryl methyl sites for hydroxylation is 1. The van der Waals surface area contributed by atoms with Crippen molar-refractivity contribution in [1.29, 1.82) is 0 Å². The number of ether oxygens (including phenoxy) is 1. The van der Waals surface area contributed by atoms with Crippen LogP contribution in [0.4, 0.5) is 0 Å². The fourth-order valence-corrected chi connectivity index (χ4v) is 1.37. The van der Waals surface area contributed by atoms with Gasteiger partial charge in [-0.3, -0.25) is 10.0 Å². The van der Waals surface area contributed by atoms with Gasteiger partial charge in [0.25, 0.3) is 5.69 Å². The van der Waals surface area contributed by atoms with Crippen LogP contribution in [0, 0.1) is 6.92 Å². The van der Waals surface area contributed by atoms with Gasteiger partial charge in [0.2, 0.25) is 12.5 Å². The van der Waals surface area contributed by atoms with Crippen LogP contribution in [0.2, 0.25) is 0 Å². The van der Waals surface area contributed by atoms with Gasteiger partial charge in [0.1, 0.15) is 0 Å². The molecule has 0 saturated heterocycles. The third-order valence-electron chi connectivity index (χ3n) is 1.36. The molecule has 0 aliphatic heterocycles. The SMILES string of the molecule is CC.COC.Cc1cc(Br)c[n+](O)c1C=O. The average Bonchev–Trinajstić information content (AvgIpc) is 2.21. The van der Waals surface area contributed by atoms with E-state index in [1.807, 2.05) is 13.8 Å². The summed E-state index contributed by atoms with van der Waals surface area (Å²) in [7, 11) is 3.25. The Hall–Kier alpha value is -0.940. The van der Waals surface area contributed by atoms with E-state index in [9.17, 15) is 4.79 Å². The Morgan fingerprint density at radius 1 is 1.44 bits per heavy atom. The Labute approximate surface area is 105 Å². The molecule has 0 spiro atoms. The number of rotatable bonds is 1. The Morgan fingerprint density at radius 2 is 1.88 bits per heavy atom. The number of methoxy groups -OCH3 is 1. The van der Waals surface area contributed by atoms with Crippen molar-refractivity contribution >= 4 is 22.2 Å². The Kier molecular flexibility index (Phi) is 11.5. The predicted molar refractivity (Wildman–Crippen MR) is 65.9 cm³/mol. The zero-order chi connectivity index (χ0) is 13.1. The van der Waals surface area contributed by atoms with E-state index in [0.29, 0.717) is 6.29 Å². The lowest BCUT2D eigenvalue weighted by molar-refractivity contribution is -0.906. The third-order valence-corrected chi connectivity index (χ3v) is 1.80. The molecule has 1 rings (SSSR count).